The second-order valence-electron chi connectivity index (χ2n) is 7.80. The van der Waals surface area contributed by atoms with Crippen LogP contribution in [0.4, 0.5) is 13.2 Å². The number of carbonyl (C=O) groups excluding carboxylic acids is 1. The molecule has 0 bridgehead atoms. The molecular formula is C19H34F3N5O2. The van der Waals surface area contributed by atoms with Gasteiger partial charge in [0, 0.05) is 38.8 Å². The number of hydrogen-bond acceptors (Lipinski definition) is 4. The number of aliphatic imine (C=N–C) groups is 1. The van der Waals surface area contributed by atoms with E-state index in [1.807, 2.05) is 6.92 Å². The molecule has 0 atom stereocenters. The van der Waals surface area contributed by atoms with Crippen molar-refractivity contribution >= 4 is 11.9 Å². The number of nitrogens with one attached hydrogen (secondary N) is 2. The van der Waals surface area contributed by atoms with Crippen molar-refractivity contribution in [3.05, 3.63) is 0 Å². The number of rotatable bonds is 7. The largest absolute Gasteiger partial charge is 0.406 e. The fourth-order valence-electron chi connectivity index (χ4n) is 4.07. The van der Waals surface area contributed by atoms with Gasteiger partial charge in [0.05, 0.1) is 13.2 Å². The van der Waals surface area contributed by atoms with Crippen LogP contribution in [0.2, 0.25) is 0 Å². The average molecular weight is 422 g/mol. The third kappa shape index (κ3) is 7.65. The quantitative estimate of drug-likeness (QED) is 0.483. The van der Waals surface area contributed by atoms with Gasteiger partial charge in [0.25, 0.3) is 0 Å². The van der Waals surface area contributed by atoms with E-state index in [4.69, 9.17) is 4.74 Å². The molecule has 0 radical (unpaired) electrons. The highest BCUT2D eigenvalue weighted by Gasteiger charge is 2.38. The van der Waals surface area contributed by atoms with E-state index in [1.165, 1.54) is 19.3 Å². The minimum atomic E-state index is -4.41. The molecule has 1 saturated carbocycles. The van der Waals surface area contributed by atoms with Crippen LogP contribution in [0.25, 0.3) is 0 Å². The number of halogens is 3. The van der Waals surface area contributed by atoms with Crippen molar-refractivity contribution in [3.63, 3.8) is 0 Å². The van der Waals surface area contributed by atoms with Crippen molar-refractivity contribution in [2.45, 2.75) is 50.7 Å². The van der Waals surface area contributed by atoms with Gasteiger partial charge in [-0.25, -0.2) is 4.99 Å². The number of ether oxygens (including phenoxy) is 1. The number of amides is 1. The molecule has 1 aliphatic heterocycles. The molecule has 168 valence electrons. The summed E-state index contributed by atoms with van der Waals surface area (Å²) < 4.78 is 42.9. The molecule has 0 unspecified atom stereocenters. The van der Waals surface area contributed by atoms with Gasteiger partial charge in [0.15, 0.2) is 5.96 Å². The Labute approximate surface area is 171 Å². The molecule has 10 heteroatoms. The molecular weight excluding hydrogens is 387 g/mol. The fraction of sp³-hybridized carbons (Fsp3) is 0.895. The molecule has 2 fully saturated rings. The first-order valence-corrected chi connectivity index (χ1v) is 10.4. The van der Waals surface area contributed by atoms with Crippen LogP contribution in [0.5, 0.6) is 0 Å². The molecule has 0 spiro atoms. The molecule has 0 aromatic rings. The molecule has 1 aliphatic carbocycles. The summed E-state index contributed by atoms with van der Waals surface area (Å²) in [5.74, 6) is -0.209. The van der Waals surface area contributed by atoms with Crippen LogP contribution >= 0.6 is 0 Å². The van der Waals surface area contributed by atoms with Gasteiger partial charge in [0.2, 0.25) is 5.91 Å². The number of likely N-dealkylation sites (N-methyl/N-ethyl adjacent to an activating group) is 1. The zero-order chi connectivity index (χ0) is 21.3. The topological polar surface area (TPSA) is 69.2 Å². The van der Waals surface area contributed by atoms with Crippen LogP contribution in [0.1, 0.15) is 39.0 Å². The Morgan fingerprint density at radius 1 is 1.17 bits per heavy atom. The standard InChI is InChI=1S/C19H34F3N5O2/c1-3-23-17(24-13-16(28)26(2)15-19(20,21)22)25-14-18(7-5-4-6-8-18)27-9-11-29-12-10-27/h3-15H2,1-2H3,(H2,23,24,25). The first-order valence-electron chi connectivity index (χ1n) is 10.4. The zero-order valence-electron chi connectivity index (χ0n) is 17.5. The number of morpholine rings is 1. The molecule has 29 heavy (non-hydrogen) atoms. The van der Waals surface area contributed by atoms with E-state index in [-0.39, 0.29) is 12.1 Å². The lowest BCUT2D eigenvalue weighted by Gasteiger charge is -2.48. The fourth-order valence-corrected chi connectivity index (χ4v) is 4.07. The number of hydrogen-bond donors (Lipinski definition) is 2. The summed E-state index contributed by atoms with van der Waals surface area (Å²) in [6.07, 6.45) is 1.35. The summed E-state index contributed by atoms with van der Waals surface area (Å²) >= 11 is 0. The molecule has 7 nitrogen and oxygen atoms in total. The van der Waals surface area contributed by atoms with Crippen molar-refractivity contribution in [2.24, 2.45) is 4.99 Å². The smallest absolute Gasteiger partial charge is 0.379 e. The lowest BCUT2D eigenvalue weighted by molar-refractivity contribution is -0.157. The van der Waals surface area contributed by atoms with Gasteiger partial charge in [-0.3, -0.25) is 9.69 Å². The Hall–Kier alpha value is -1.55. The SMILES string of the molecule is CCNC(=NCC(=O)N(C)CC(F)(F)F)NCC1(N2CCOCC2)CCCCC1. The summed E-state index contributed by atoms with van der Waals surface area (Å²) in [5, 5.41) is 6.42. The Morgan fingerprint density at radius 3 is 2.41 bits per heavy atom. The van der Waals surface area contributed by atoms with Crippen molar-refractivity contribution in [1.29, 1.82) is 0 Å². The maximum Gasteiger partial charge on any atom is 0.406 e. The molecule has 1 heterocycles. The molecule has 1 saturated heterocycles. The van der Waals surface area contributed by atoms with Crippen molar-refractivity contribution in [1.82, 2.24) is 20.4 Å². The molecule has 2 rings (SSSR count). The number of alkyl halides is 3. The van der Waals surface area contributed by atoms with Crippen LogP contribution in [-0.2, 0) is 9.53 Å². The first kappa shape index (κ1) is 23.7. The minimum absolute atomic E-state index is 0.0231. The second-order valence-corrected chi connectivity index (χ2v) is 7.80. The Balaban J connectivity index is 1.98. The van der Waals surface area contributed by atoms with Crippen LogP contribution in [-0.4, -0.2) is 92.9 Å². The first-order chi connectivity index (χ1) is 13.8. The van der Waals surface area contributed by atoms with E-state index >= 15 is 0 Å². The van der Waals surface area contributed by atoms with Crippen molar-refractivity contribution in [2.75, 3.05) is 59.5 Å². The molecule has 1 amide bonds. The highest BCUT2D eigenvalue weighted by molar-refractivity contribution is 5.84. The Bertz CT molecular complexity index is 544. The highest BCUT2D eigenvalue weighted by Crippen LogP contribution is 2.33. The maximum atomic E-state index is 12.5. The van der Waals surface area contributed by atoms with Gasteiger partial charge in [-0.15, -0.1) is 0 Å². The normalized spacial score (nSPS) is 20.9. The van der Waals surface area contributed by atoms with Crippen LogP contribution < -0.4 is 10.6 Å². The predicted octanol–water partition coefficient (Wildman–Crippen LogP) is 1.60. The van der Waals surface area contributed by atoms with E-state index in [9.17, 15) is 18.0 Å². The summed E-state index contributed by atoms with van der Waals surface area (Å²) in [7, 11) is 1.14. The van der Waals surface area contributed by atoms with E-state index in [1.54, 1.807) is 0 Å². The molecule has 2 aliphatic rings. The number of guanidine groups is 1. The van der Waals surface area contributed by atoms with Gasteiger partial charge in [-0.2, -0.15) is 13.2 Å². The Morgan fingerprint density at radius 2 is 1.83 bits per heavy atom. The summed E-state index contributed by atoms with van der Waals surface area (Å²) in [6.45, 7) is 4.86. The van der Waals surface area contributed by atoms with Gasteiger partial charge in [-0.05, 0) is 19.8 Å². The van der Waals surface area contributed by atoms with Crippen LogP contribution in [0.3, 0.4) is 0 Å². The average Bonchev–Trinajstić information content (AvgIpc) is 2.70. The monoisotopic (exact) mass is 421 g/mol. The third-order valence-corrected chi connectivity index (χ3v) is 5.61. The maximum absolute atomic E-state index is 12.5. The van der Waals surface area contributed by atoms with Crippen LogP contribution in [0.15, 0.2) is 4.99 Å². The van der Waals surface area contributed by atoms with E-state index in [0.29, 0.717) is 23.9 Å². The predicted molar refractivity (Wildman–Crippen MR) is 106 cm³/mol. The summed E-state index contributed by atoms with van der Waals surface area (Å²) in [4.78, 5) is 19.4. The third-order valence-electron chi connectivity index (χ3n) is 5.61. The van der Waals surface area contributed by atoms with E-state index < -0.39 is 18.6 Å². The van der Waals surface area contributed by atoms with E-state index in [2.05, 4.69) is 20.5 Å². The van der Waals surface area contributed by atoms with Gasteiger partial charge < -0.3 is 20.3 Å². The molecule has 2 N–H and O–H groups in total. The Kier molecular flexibility index (Phi) is 9.01. The van der Waals surface area contributed by atoms with Crippen molar-refractivity contribution < 1.29 is 22.7 Å². The van der Waals surface area contributed by atoms with E-state index in [0.717, 1.165) is 46.2 Å². The zero-order valence-corrected chi connectivity index (χ0v) is 17.5. The number of carbonyl (C=O) groups is 1. The molecule has 0 aromatic carbocycles. The lowest BCUT2D eigenvalue weighted by atomic mass is 9.80. The van der Waals surface area contributed by atoms with Gasteiger partial charge in [0.1, 0.15) is 13.1 Å². The summed E-state index contributed by atoms with van der Waals surface area (Å²) in [6, 6.07) is 0. The van der Waals surface area contributed by atoms with Gasteiger partial charge in [-0.1, -0.05) is 19.3 Å². The minimum Gasteiger partial charge on any atom is -0.379 e. The van der Waals surface area contributed by atoms with Crippen molar-refractivity contribution in [3.8, 4) is 0 Å². The second kappa shape index (κ2) is 11.0. The highest BCUT2D eigenvalue weighted by atomic mass is 19.4. The number of nitrogens with zero attached hydrogens (tertiary/aromatic N) is 3. The summed E-state index contributed by atoms with van der Waals surface area (Å²) in [5.41, 5.74) is 0.0231. The lowest BCUT2D eigenvalue weighted by Crippen LogP contribution is -2.60. The van der Waals surface area contributed by atoms with Gasteiger partial charge >= 0.3 is 6.18 Å². The molecule has 0 aromatic heterocycles. The van der Waals surface area contributed by atoms with Crippen LogP contribution in [0, 0.1) is 0 Å².